The number of urea groups is 1. The van der Waals surface area contributed by atoms with E-state index >= 15 is 0 Å². The van der Waals surface area contributed by atoms with Crippen LogP contribution in [0.5, 0.6) is 0 Å². The number of nitrogens with zero attached hydrogens (tertiary/aromatic N) is 4. The van der Waals surface area contributed by atoms with Gasteiger partial charge in [0.05, 0.1) is 30.2 Å². The topological polar surface area (TPSA) is 83.3 Å². The summed E-state index contributed by atoms with van der Waals surface area (Å²) in [6, 6.07) is 7.71. The van der Waals surface area contributed by atoms with E-state index in [1.54, 1.807) is 28.9 Å². The van der Waals surface area contributed by atoms with Gasteiger partial charge in [0.25, 0.3) is 0 Å². The predicted molar refractivity (Wildman–Crippen MR) is 94.3 cm³/mol. The molecule has 3 rings (SSSR count). The van der Waals surface area contributed by atoms with E-state index in [1.165, 1.54) is 0 Å². The molecule has 0 saturated carbocycles. The Hall–Kier alpha value is -2.41. The van der Waals surface area contributed by atoms with Gasteiger partial charge < -0.3 is 15.3 Å². The number of carbonyl (C=O) groups excluding carboxylic acids is 1. The van der Waals surface area contributed by atoms with Crippen molar-refractivity contribution >= 4 is 6.03 Å². The third kappa shape index (κ3) is 4.17. The lowest BCUT2D eigenvalue weighted by molar-refractivity contribution is 0.0734. The maximum atomic E-state index is 12.5. The maximum Gasteiger partial charge on any atom is 0.317 e. The molecule has 1 aromatic heterocycles. The summed E-state index contributed by atoms with van der Waals surface area (Å²) in [4.78, 5) is 14.3. The first-order valence-electron chi connectivity index (χ1n) is 8.74. The third-order valence-electron chi connectivity index (χ3n) is 4.85. The zero-order valence-electron chi connectivity index (χ0n) is 14.7. The van der Waals surface area contributed by atoms with Crippen molar-refractivity contribution in [3.63, 3.8) is 0 Å². The Morgan fingerprint density at radius 2 is 2.08 bits per heavy atom. The summed E-state index contributed by atoms with van der Waals surface area (Å²) < 4.78 is 1.69. The van der Waals surface area contributed by atoms with Crippen molar-refractivity contribution in [2.75, 3.05) is 13.1 Å². The highest BCUT2D eigenvalue weighted by atomic mass is 16.3. The molecule has 2 heterocycles. The molecule has 0 spiro atoms. The summed E-state index contributed by atoms with van der Waals surface area (Å²) in [7, 11) is 0. The van der Waals surface area contributed by atoms with Crippen molar-refractivity contribution in [3.8, 4) is 5.69 Å². The largest absolute Gasteiger partial charge is 0.393 e. The van der Waals surface area contributed by atoms with Crippen LogP contribution in [0.2, 0.25) is 0 Å². The second kappa shape index (κ2) is 7.65. The first-order valence-corrected chi connectivity index (χ1v) is 8.74. The Morgan fingerprint density at radius 1 is 1.32 bits per heavy atom. The molecule has 3 atom stereocenters. The predicted octanol–water partition coefficient (Wildman–Crippen LogP) is 2.13. The minimum absolute atomic E-state index is 0.0711. The second-order valence-electron chi connectivity index (χ2n) is 6.70. The molecule has 3 unspecified atom stereocenters. The average Bonchev–Trinajstić information content (AvgIpc) is 3.16. The Bertz CT molecular complexity index is 684. The van der Waals surface area contributed by atoms with Crippen LogP contribution in [0.1, 0.15) is 38.3 Å². The van der Waals surface area contributed by atoms with Gasteiger partial charge in [0.15, 0.2) is 0 Å². The van der Waals surface area contributed by atoms with Crippen LogP contribution in [0.15, 0.2) is 36.7 Å². The van der Waals surface area contributed by atoms with Gasteiger partial charge in [-0.3, -0.25) is 0 Å². The molecule has 2 amide bonds. The number of hydrogen-bond donors (Lipinski definition) is 2. The molecular weight excluding hydrogens is 318 g/mol. The van der Waals surface area contributed by atoms with Crippen LogP contribution in [0, 0.1) is 5.92 Å². The summed E-state index contributed by atoms with van der Waals surface area (Å²) in [5.74, 6) is 0.164. The van der Waals surface area contributed by atoms with E-state index in [4.69, 9.17) is 0 Å². The second-order valence-corrected chi connectivity index (χ2v) is 6.70. The number of benzene rings is 1. The quantitative estimate of drug-likeness (QED) is 0.891. The van der Waals surface area contributed by atoms with E-state index in [0.717, 1.165) is 30.6 Å². The van der Waals surface area contributed by atoms with Crippen LogP contribution in [-0.4, -0.2) is 50.2 Å². The average molecular weight is 343 g/mol. The molecule has 25 heavy (non-hydrogen) atoms. The Balaban J connectivity index is 1.59. The highest BCUT2D eigenvalue weighted by Crippen LogP contribution is 2.21. The molecule has 2 N–H and O–H groups in total. The van der Waals surface area contributed by atoms with Gasteiger partial charge in [-0.05, 0) is 44.4 Å². The molecule has 1 aromatic carbocycles. The van der Waals surface area contributed by atoms with E-state index in [1.807, 2.05) is 31.2 Å². The number of hydrogen-bond acceptors (Lipinski definition) is 4. The standard InChI is InChI=1S/C18H25N5O2/c1-13(15-5-7-17(8-6-15)23-11-9-19-21-23)20-18(25)22-10-3-4-16(12-22)14(2)24/h5-9,11,13-14,16,24H,3-4,10,12H2,1-2H3,(H,20,25). The zero-order chi connectivity index (χ0) is 17.8. The Morgan fingerprint density at radius 3 is 2.72 bits per heavy atom. The number of aliphatic hydroxyl groups excluding tert-OH is 1. The van der Waals surface area contributed by atoms with Crippen LogP contribution in [-0.2, 0) is 0 Å². The van der Waals surface area contributed by atoms with Gasteiger partial charge in [-0.1, -0.05) is 17.3 Å². The van der Waals surface area contributed by atoms with Crippen LogP contribution >= 0.6 is 0 Å². The lowest BCUT2D eigenvalue weighted by atomic mass is 9.94. The summed E-state index contributed by atoms with van der Waals surface area (Å²) in [5, 5.41) is 20.6. The van der Waals surface area contributed by atoms with Gasteiger partial charge >= 0.3 is 6.03 Å². The Labute approximate surface area is 147 Å². The molecule has 134 valence electrons. The van der Waals surface area contributed by atoms with Gasteiger partial charge in [0.1, 0.15) is 0 Å². The van der Waals surface area contributed by atoms with E-state index in [0.29, 0.717) is 6.54 Å². The van der Waals surface area contributed by atoms with Crippen molar-refractivity contribution in [1.82, 2.24) is 25.2 Å². The number of amides is 2. The molecule has 7 heteroatoms. The summed E-state index contributed by atoms with van der Waals surface area (Å²) in [6.07, 6.45) is 4.95. The number of rotatable bonds is 4. The van der Waals surface area contributed by atoms with E-state index in [9.17, 15) is 9.90 Å². The van der Waals surface area contributed by atoms with E-state index in [-0.39, 0.29) is 24.1 Å². The molecule has 0 radical (unpaired) electrons. The summed E-state index contributed by atoms with van der Waals surface area (Å²) in [5.41, 5.74) is 1.96. The Kier molecular flexibility index (Phi) is 5.33. The fourth-order valence-electron chi connectivity index (χ4n) is 3.21. The highest BCUT2D eigenvalue weighted by Gasteiger charge is 2.27. The zero-order valence-corrected chi connectivity index (χ0v) is 14.7. The number of piperidine rings is 1. The van der Waals surface area contributed by atoms with E-state index < -0.39 is 0 Å². The molecule has 0 bridgehead atoms. The summed E-state index contributed by atoms with van der Waals surface area (Å²) in [6.45, 7) is 5.12. The first-order chi connectivity index (χ1) is 12.0. The maximum absolute atomic E-state index is 12.5. The van der Waals surface area contributed by atoms with Crippen molar-refractivity contribution in [3.05, 3.63) is 42.2 Å². The van der Waals surface area contributed by atoms with E-state index in [2.05, 4.69) is 15.6 Å². The van der Waals surface area contributed by atoms with Gasteiger partial charge in [-0.15, -0.1) is 5.10 Å². The monoisotopic (exact) mass is 343 g/mol. The fourth-order valence-corrected chi connectivity index (χ4v) is 3.21. The van der Waals surface area contributed by atoms with Crippen LogP contribution < -0.4 is 5.32 Å². The van der Waals surface area contributed by atoms with Crippen molar-refractivity contribution in [2.24, 2.45) is 5.92 Å². The van der Waals surface area contributed by atoms with Gasteiger partial charge in [-0.2, -0.15) is 0 Å². The molecule has 1 saturated heterocycles. The fraction of sp³-hybridized carbons (Fsp3) is 0.500. The number of carbonyl (C=O) groups is 1. The minimum Gasteiger partial charge on any atom is -0.393 e. The van der Waals surface area contributed by atoms with Gasteiger partial charge in [0, 0.05) is 19.0 Å². The molecule has 7 nitrogen and oxygen atoms in total. The normalized spacial score (nSPS) is 20.1. The number of aromatic nitrogens is 3. The molecule has 1 aliphatic heterocycles. The van der Waals surface area contributed by atoms with Gasteiger partial charge in [-0.25, -0.2) is 9.48 Å². The molecule has 0 aliphatic carbocycles. The number of aliphatic hydroxyl groups is 1. The molecular formula is C18H25N5O2. The van der Waals surface area contributed by atoms with Crippen molar-refractivity contribution < 1.29 is 9.90 Å². The van der Waals surface area contributed by atoms with Crippen molar-refractivity contribution in [2.45, 2.75) is 38.8 Å². The van der Waals surface area contributed by atoms with Crippen LogP contribution in [0.25, 0.3) is 5.69 Å². The van der Waals surface area contributed by atoms with Crippen molar-refractivity contribution in [1.29, 1.82) is 0 Å². The first kappa shape index (κ1) is 17.4. The summed E-state index contributed by atoms with van der Waals surface area (Å²) >= 11 is 0. The molecule has 2 aromatic rings. The molecule has 1 aliphatic rings. The highest BCUT2D eigenvalue weighted by molar-refractivity contribution is 5.74. The third-order valence-corrected chi connectivity index (χ3v) is 4.85. The smallest absolute Gasteiger partial charge is 0.317 e. The lowest BCUT2D eigenvalue weighted by Crippen LogP contribution is -2.47. The van der Waals surface area contributed by atoms with Crippen LogP contribution in [0.4, 0.5) is 4.79 Å². The van der Waals surface area contributed by atoms with Crippen LogP contribution in [0.3, 0.4) is 0 Å². The number of likely N-dealkylation sites (tertiary alicyclic amines) is 1. The molecule has 1 fully saturated rings. The number of nitrogens with one attached hydrogen (secondary N) is 1. The lowest BCUT2D eigenvalue weighted by Gasteiger charge is -2.34. The van der Waals surface area contributed by atoms with Gasteiger partial charge in [0.2, 0.25) is 0 Å². The minimum atomic E-state index is -0.377. The SMILES string of the molecule is CC(NC(=O)N1CCCC(C(C)O)C1)c1ccc(-n2ccnn2)cc1.